The van der Waals surface area contributed by atoms with Gasteiger partial charge in [-0.05, 0) is 31.9 Å². The fraction of sp³-hybridized carbons (Fsp3) is 0.533. The lowest BCUT2D eigenvalue weighted by Gasteiger charge is -2.37. The van der Waals surface area contributed by atoms with Crippen LogP contribution < -0.4 is 15.8 Å². The molecule has 1 aromatic rings. The molecule has 4 nitrogen and oxygen atoms in total. The lowest BCUT2D eigenvalue weighted by atomic mass is 9.74. The van der Waals surface area contributed by atoms with Crippen molar-refractivity contribution in [2.45, 2.75) is 38.1 Å². The summed E-state index contributed by atoms with van der Waals surface area (Å²) in [5.41, 5.74) is 5.80. The Bertz CT molecular complexity index is 508. The van der Waals surface area contributed by atoms with E-state index in [2.05, 4.69) is 5.32 Å². The van der Waals surface area contributed by atoms with Crippen LogP contribution in [0.3, 0.4) is 0 Å². The number of rotatable bonds is 3. The van der Waals surface area contributed by atoms with Crippen LogP contribution >= 0.6 is 12.4 Å². The molecule has 0 heterocycles. The third-order valence-electron chi connectivity index (χ3n) is 4.00. The molecule has 1 saturated carbocycles. The van der Waals surface area contributed by atoms with Gasteiger partial charge in [0.15, 0.2) is 0 Å². The zero-order valence-electron chi connectivity index (χ0n) is 12.3. The highest BCUT2D eigenvalue weighted by Gasteiger charge is 2.37. The normalized spacial score (nSPS) is 24.9. The zero-order valence-corrected chi connectivity index (χ0v) is 13.1. The van der Waals surface area contributed by atoms with Crippen molar-refractivity contribution in [3.8, 4) is 5.75 Å². The summed E-state index contributed by atoms with van der Waals surface area (Å²) >= 11 is 0. The third kappa shape index (κ3) is 4.08. The number of hydrogen-bond acceptors (Lipinski definition) is 3. The summed E-state index contributed by atoms with van der Waals surface area (Å²) in [6, 6.07) is 4.26. The number of benzene rings is 1. The second kappa shape index (κ2) is 7.09. The number of amides is 1. The van der Waals surface area contributed by atoms with Crippen molar-refractivity contribution in [3.05, 3.63) is 24.0 Å². The van der Waals surface area contributed by atoms with Gasteiger partial charge in [-0.2, -0.15) is 0 Å². The van der Waals surface area contributed by atoms with Gasteiger partial charge in [0.1, 0.15) is 11.6 Å². The second-order valence-corrected chi connectivity index (χ2v) is 5.64. The molecular formula is C15H22ClFN2O2. The van der Waals surface area contributed by atoms with Crippen molar-refractivity contribution in [2.24, 2.45) is 11.7 Å². The first-order chi connectivity index (χ1) is 9.44. The molecule has 0 spiro atoms. The Morgan fingerprint density at radius 1 is 1.48 bits per heavy atom. The molecule has 0 aliphatic heterocycles. The van der Waals surface area contributed by atoms with Crippen molar-refractivity contribution >= 4 is 24.0 Å². The summed E-state index contributed by atoms with van der Waals surface area (Å²) in [7, 11) is 1.50. The van der Waals surface area contributed by atoms with Crippen LogP contribution in [0.4, 0.5) is 10.1 Å². The number of methoxy groups -OCH3 is 1. The van der Waals surface area contributed by atoms with Crippen molar-refractivity contribution in [1.82, 2.24) is 0 Å². The molecule has 1 amide bonds. The predicted molar refractivity (Wildman–Crippen MR) is 83.4 cm³/mol. The predicted octanol–water partition coefficient (Wildman–Crippen LogP) is 3.10. The van der Waals surface area contributed by atoms with Crippen LogP contribution in [0.15, 0.2) is 18.2 Å². The summed E-state index contributed by atoms with van der Waals surface area (Å²) in [5.74, 6) is -0.488. The van der Waals surface area contributed by atoms with Crippen LogP contribution in [-0.2, 0) is 4.79 Å². The maximum Gasteiger partial charge on any atom is 0.229 e. The van der Waals surface area contributed by atoms with Gasteiger partial charge >= 0.3 is 0 Å². The van der Waals surface area contributed by atoms with Crippen LogP contribution in [0, 0.1) is 11.7 Å². The number of halogens is 2. The number of ether oxygens (including phenoxy) is 1. The summed E-state index contributed by atoms with van der Waals surface area (Å²) in [6.07, 6.45) is 3.56. The maximum atomic E-state index is 13.7. The summed E-state index contributed by atoms with van der Waals surface area (Å²) in [6.45, 7) is 1.89. The summed E-state index contributed by atoms with van der Waals surface area (Å²) < 4.78 is 18.8. The minimum Gasteiger partial charge on any atom is -0.497 e. The number of hydrogen-bond donors (Lipinski definition) is 2. The van der Waals surface area contributed by atoms with Crippen LogP contribution in [-0.4, -0.2) is 18.6 Å². The van der Waals surface area contributed by atoms with Crippen LogP contribution in [0.2, 0.25) is 0 Å². The van der Waals surface area contributed by atoms with E-state index in [1.807, 2.05) is 6.92 Å². The molecule has 3 N–H and O–H groups in total. The van der Waals surface area contributed by atoms with Gasteiger partial charge in [0.25, 0.3) is 0 Å². The van der Waals surface area contributed by atoms with E-state index in [0.29, 0.717) is 5.75 Å². The highest BCUT2D eigenvalue weighted by atomic mass is 35.5. The fourth-order valence-corrected chi connectivity index (χ4v) is 2.74. The number of carbonyl (C=O) groups is 1. The van der Waals surface area contributed by atoms with Gasteiger partial charge in [-0.1, -0.05) is 12.8 Å². The summed E-state index contributed by atoms with van der Waals surface area (Å²) in [4.78, 5) is 12.3. The van der Waals surface area contributed by atoms with E-state index < -0.39 is 11.4 Å². The van der Waals surface area contributed by atoms with E-state index in [1.54, 1.807) is 0 Å². The molecule has 2 unspecified atom stereocenters. The van der Waals surface area contributed by atoms with Gasteiger partial charge in [-0.25, -0.2) is 4.39 Å². The SMILES string of the molecule is COc1ccc(F)c(NC(=O)C2CCCCC2(C)N)c1.Cl. The lowest BCUT2D eigenvalue weighted by molar-refractivity contribution is -0.122. The van der Waals surface area contributed by atoms with Gasteiger partial charge in [0.2, 0.25) is 5.91 Å². The number of nitrogens with one attached hydrogen (secondary N) is 1. The zero-order chi connectivity index (χ0) is 14.8. The monoisotopic (exact) mass is 316 g/mol. The Morgan fingerprint density at radius 3 is 2.81 bits per heavy atom. The molecular weight excluding hydrogens is 295 g/mol. The van der Waals surface area contributed by atoms with Gasteiger partial charge in [0, 0.05) is 11.6 Å². The van der Waals surface area contributed by atoms with E-state index in [4.69, 9.17) is 10.5 Å². The van der Waals surface area contributed by atoms with E-state index >= 15 is 0 Å². The first kappa shape index (κ1) is 17.7. The van der Waals surface area contributed by atoms with Crippen molar-refractivity contribution in [2.75, 3.05) is 12.4 Å². The second-order valence-electron chi connectivity index (χ2n) is 5.64. The molecule has 21 heavy (non-hydrogen) atoms. The molecule has 0 saturated heterocycles. The molecule has 2 rings (SSSR count). The minimum atomic E-state index is -0.530. The van der Waals surface area contributed by atoms with Gasteiger partial charge in [-0.3, -0.25) is 4.79 Å². The summed E-state index contributed by atoms with van der Waals surface area (Å²) in [5, 5.41) is 2.64. The third-order valence-corrected chi connectivity index (χ3v) is 4.00. The average molecular weight is 317 g/mol. The Balaban J connectivity index is 0.00000220. The Morgan fingerprint density at radius 2 is 2.19 bits per heavy atom. The van der Waals surface area contributed by atoms with E-state index in [-0.39, 0.29) is 29.9 Å². The van der Waals surface area contributed by atoms with Crippen LogP contribution in [0.5, 0.6) is 5.75 Å². The maximum absolute atomic E-state index is 13.7. The smallest absolute Gasteiger partial charge is 0.229 e. The van der Waals surface area contributed by atoms with Gasteiger partial charge < -0.3 is 15.8 Å². The lowest BCUT2D eigenvalue weighted by Crippen LogP contribution is -2.51. The number of nitrogens with two attached hydrogens (primary N) is 1. The molecule has 1 aliphatic rings. The molecule has 0 aromatic heterocycles. The van der Waals surface area contributed by atoms with E-state index in [9.17, 15) is 9.18 Å². The van der Waals surface area contributed by atoms with Gasteiger partial charge in [-0.15, -0.1) is 12.4 Å². The molecule has 118 valence electrons. The Kier molecular flexibility index (Phi) is 5.98. The first-order valence-corrected chi connectivity index (χ1v) is 6.87. The highest BCUT2D eigenvalue weighted by molar-refractivity contribution is 5.93. The Labute approximate surface area is 130 Å². The van der Waals surface area contributed by atoms with Gasteiger partial charge in [0.05, 0.1) is 18.7 Å². The van der Waals surface area contributed by atoms with E-state index in [1.165, 1.54) is 25.3 Å². The number of carbonyl (C=O) groups excluding carboxylic acids is 1. The topological polar surface area (TPSA) is 64.3 Å². The van der Waals surface area contributed by atoms with Crippen molar-refractivity contribution in [3.63, 3.8) is 0 Å². The number of anilines is 1. The Hall–Kier alpha value is -1.33. The first-order valence-electron chi connectivity index (χ1n) is 6.87. The van der Waals surface area contributed by atoms with Crippen LogP contribution in [0.1, 0.15) is 32.6 Å². The standard InChI is InChI=1S/C15H21FN2O2.ClH/c1-15(17)8-4-3-5-11(15)14(19)18-13-9-10(20-2)6-7-12(13)16;/h6-7,9,11H,3-5,8,17H2,1-2H3,(H,18,19);1H. The van der Waals surface area contributed by atoms with Crippen molar-refractivity contribution in [1.29, 1.82) is 0 Å². The molecule has 0 bridgehead atoms. The largest absolute Gasteiger partial charge is 0.497 e. The molecule has 1 fully saturated rings. The highest BCUT2D eigenvalue weighted by Crippen LogP contribution is 2.33. The van der Waals surface area contributed by atoms with Crippen molar-refractivity contribution < 1.29 is 13.9 Å². The van der Waals surface area contributed by atoms with Crippen LogP contribution in [0.25, 0.3) is 0 Å². The molecule has 1 aliphatic carbocycles. The molecule has 2 atom stereocenters. The quantitative estimate of drug-likeness (QED) is 0.900. The molecule has 0 radical (unpaired) electrons. The minimum absolute atomic E-state index is 0. The molecule has 1 aromatic carbocycles. The average Bonchev–Trinajstić information content (AvgIpc) is 2.40. The molecule has 6 heteroatoms. The fourth-order valence-electron chi connectivity index (χ4n) is 2.74. The van der Waals surface area contributed by atoms with E-state index in [0.717, 1.165) is 25.7 Å².